The van der Waals surface area contributed by atoms with Crippen molar-refractivity contribution in [2.45, 2.75) is 33.4 Å². The van der Waals surface area contributed by atoms with E-state index in [4.69, 9.17) is 9.15 Å². The topological polar surface area (TPSA) is 90.5 Å². The quantitative estimate of drug-likeness (QED) is 0.451. The van der Waals surface area contributed by atoms with E-state index in [9.17, 15) is 14.4 Å². The molecule has 152 valence electrons. The van der Waals surface area contributed by atoms with Gasteiger partial charge in [0, 0.05) is 21.8 Å². The number of nitrogens with one attached hydrogen (secondary N) is 1. The van der Waals surface area contributed by atoms with Crippen LogP contribution < -0.4 is 5.32 Å². The molecule has 0 saturated carbocycles. The summed E-state index contributed by atoms with van der Waals surface area (Å²) < 4.78 is 12.1. The average molecular weight is 414 g/mol. The lowest BCUT2D eigenvalue weighted by molar-refractivity contribution is -0.144. The molecule has 29 heavy (non-hydrogen) atoms. The van der Waals surface area contributed by atoms with Gasteiger partial charge in [0.15, 0.2) is 12.4 Å². The summed E-state index contributed by atoms with van der Waals surface area (Å²) in [6.07, 6.45) is 1.37. The van der Waals surface area contributed by atoms with Crippen molar-refractivity contribution in [3.8, 4) is 0 Å². The molecule has 0 saturated heterocycles. The van der Waals surface area contributed by atoms with Gasteiger partial charge in [-0.05, 0) is 50.4 Å². The second-order valence-corrected chi connectivity index (χ2v) is 7.69. The van der Waals surface area contributed by atoms with E-state index in [1.165, 1.54) is 24.1 Å². The minimum Gasteiger partial charge on any atom is -0.459 e. The molecule has 0 aliphatic rings. The predicted molar refractivity (Wildman–Crippen MR) is 108 cm³/mol. The first-order chi connectivity index (χ1) is 13.9. The van der Waals surface area contributed by atoms with Gasteiger partial charge in [-0.3, -0.25) is 9.59 Å². The highest BCUT2D eigenvalue weighted by Gasteiger charge is 2.22. The number of Topliss-reactive ketones (excluding diaryl/α,β-unsaturated/α-hetero) is 1. The lowest BCUT2D eigenvalue weighted by atomic mass is 10.1. The Morgan fingerprint density at radius 2 is 2.03 bits per heavy atom. The van der Waals surface area contributed by atoms with E-state index in [1.54, 1.807) is 23.5 Å². The van der Waals surface area contributed by atoms with Crippen molar-refractivity contribution in [2.24, 2.45) is 0 Å². The molecule has 0 radical (unpaired) electrons. The summed E-state index contributed by atoms with van der Waals surface area (Å²) in [5.74, 6) is -1.40. The van der Waals surface area contributed by atoms with Crippen molar-refractivity contribution < 1.29 is 23.5 Å². The van der Waals surface area contributed by atoms with Crippen molar-refractivity contribution in [2.75, 3.05) is 6.61 Å². The Morgan fingerprint density at radius 3 is 2.69 bits per heavy atom. The number of ether oxygens (including phenoxy) is 1. The van der Waals surface area contributed by atoms with Gasteiger partial charge in [-0.15, -0.1) is 11.3 Å². The largest absolute Gasteiger partial charge is 0.459 e. The highest BCUT2D eigenvalue weighted by atomic mass is 32.1. The van der Waals surface area contributed by atoms with Gasteiger partial charge >= 0.3 is 5.97 Å². The first-order valence-electron chi connectivity index (χ1n) is 9.10. The Labute approximate surface area is 172 Å². The number of nitrogens with zero attached hydrogens (tertiary/aromatic N) is 1. The number of amides is 1. The minimum atomic E-state index is -0.911. The molecular formula is C21H22N2O5S. The van der Waals surface area contributed by atoms with E-state index < -0.39 is 17.9 Å². The van der Waals surface area contributed by atoms with Crippen molar-refractivity contribution in [1.29, 1.82) is 0 Å². The number of rotatable bonds is 8. The summed E-state index contributed by atoms with van der Waals surface area (Å²) in [6.45, 7) is 5.61. The molecule has 3 aromatic rings. The Balaban J connectivity index is 1.57. The van der Waals surface area contributed by atoms with Gasteiger partial charge in [0.05, 0.1) is 12.8 Å². The number of hydrogen-bond donors (Lipinski definition) is 1. The van der Waals surface area contributed by atoms with Gasteiger partial charge in [-0.2, -0.15) is 0 Å². The fourth-order valence-electron chi connectivity index (χ4n) is 2.96. The van der Waals surface area contributed by atoms with Crippen LogP contribution in [0.15, 0.2) is 46.4 Å². The molecule has 7 nitrogen and oxygen atoms in total. The Kier molecular flexibility index (Phi) is 6.33. The van der Waals surface area contributed by atoms with Crippen molar-refractivity contribution >= 4 is 29.0 Å². The number of furan rings is 1. The van der Waals surface area contributed by atoms with Crippen LogP contribution in [-0.4, -0.2) is 34.9 Å². The summed E-state index contributed by atoms with van der Waals surface area (Å²) >= 11 is 1.66. The third-order valence-electron chi connectivity index (χ3n) is 4.56. The second-order valence-electron chi connectivity index (χ2n) is 6.65. The van der Waals surface area contributed by atoms with Crippen LogP contribution in [0.5, 0.6) is 0 Å². The van der Waals surface area contributed by atoms with Crippen LogP contribution in [0, 0.1) is 13.8 Å². The van der Waals surface area contributed by atoms with E-state index in [2.05, 4.69) is 9.88 Å². The Morgan fingerprint density at radius 1 is 1.24 bits per heavy atom. The summed E-state index contributed by atoms with van der Waals surface area (Å²) in [5.41, 5.74) is 2.32. The van der Waals surface area contributed by atoms with Gasteiger partial charge in [0.1, 0.15) is 6.04 Å². The van der Waals surface area contributed by atoms with E-state index in [0.29, 0.717) is 12.1 Å². The van der Waals surface area contributed by atoms with E-state index in [0.717, 1.165) is 11.4 Å². The van der Waals surface area contributed by atoms with Crippen LogP contribution in [0.3, 0.4) is 0 Å². The van der Waals surface area contributed by atoms with Crippen molar-refractivity contribution in [3.63, 3.8) is 0 Å². The van der Waals surface area contributed by atoms with Gasteiger partial charge in [-0.25, -0.2) is 4.79 Å². The maximum absolute atomic E-state index is 12.6. The number of carbonyl (C=O) groups excluding carboxylic acids is 3. The number of esters is 1. The monoisotopic (exact) mass is 414 g/mol. The first-order valence-corrected chi connectivity index (χ1v) is 9.98. The van der Waals surface area contributed by atoms with Crippen LogP contribution in [0.2, 0.25) is 0 Å². The number of hydrogen-bond acceptors (Lipinski definition) is 6. The minimum absolute atomic E-state index is 0.0962. The normalized spacial score (nSPS) is 11.8. The summed E-state index contributed by atoms with van der Waals surface area (Å²) in [7, 11) is 0. The maximum atomic E-state index is 12.6. The van der Waals surface area contributed by atoms with Gasteiger partial charge in [-0.1, -0.05) is 6.07 Å². The lowest BCUT2D eigenvalue weighted by Gasteiger charge is -2.12. The maximum Gasteiger partial charge on any atom is 0.328 e. The number of aromatic nitrogens is 1. The molecule has 1 atom stereocenters. The molecule has 0 aliphatic carbocycles. The number of carbonyl (C=O) groups is 3. The second kappa shape index (κ2) is 8.91. The van der Waals surface area contributed by atoms with Gasteiger partial charge < -0.3 is 19.0 Å². The third-order valence-corrected chi connectivity index (χ3v) is 5.42. The molecule has 0 bridgehead atoms. The molecule has 0 aliphatic heterocycles. The van der Waals surface area contributed by atoms with E-state index in [1.807, 2.05) is 31.4 Å². The summed E-state index contributed by atoms with van der Waals surface area (Å²) in [5, 5.41) is 4.49. The molecule has 3 heterocycles. The molecule has 0 unspecified atom stereocenters. The smallest absolute Gasteiger partial charge is 0.328 e. The number of ketones is 1. The SMILES string of the molecule is Cc1cc(C(=O)COC(=O)[C@H](C)NC(=O)c2ccco2)c(C)n1Cc1cccs1. The average Bonchev–Trinajstić information content (AvgIpc) is 3.44. The molecule has 8 heteroatoms. The first kappa shape index (κ1) is 20.6. The molecule has 1 amide bonds. The summed E-state index contributed by atoms with van der Waals surface area (Å²) in [4.78, 5) is 37.8. The van der Waals surface area contributed by atoms with Gasteiger partial charge in [0.2, 0.25) is 5.78 Å². The molecule has 3 aromatic heterocycles. The van der Waals surface area contributed by atoms with Crippen molar-refractivity contribution in [3.05, 3.63) is 69.6 Å². The zero-order valence-corrected chi connectivity index (χ0v) is 17.2. The van der Waals surface area contributed by atoms with Crippen LogP contribution in [0.25, 0.3) is 0 Å². The number of aryl methyl sites for hydroxylation is 1. The zero-order chi connectivity index (χ0) is 21.0. The summed E-state index contributed by atoms with van der Waals surface area (Å²) in [6, 6.07) is 8.00. The molecule has 1 N–H and O–H groups in total. The van der Waals surface area contributed by atoms with Crippen LogP contribution in [0.4, 0.5) is 0 Å². The van der Waals surface area contributed by atoms with Crippen LogP contribution in [-0.2, 0) is 16.1 Å². The lowest BCUT2D eigenvalue weighted by Crippen LogP contribution is -2.40. The molecule has 3 rings (SSSR count). The highest BCUT2D eigenvalue weighted by molar-refractivity contribution is 7.09. The van der Waals surface area contributed by atoms with Gasteiger partial charge in [0.25, 0.3) is 5.91 Å². The standard InChI is InChI=1S/C21H22N2O5S/c1-13-10-17(15(3)23(13)11-16-6-5-9-29-16)18(24)12-28-21(26)14(2)22-20(25)19-7-4-8-27-19/h4-10,14H,11-12H2,1-3H3,(H,22,25)/t14-/m0/s1. The van der Waals surface area contributed by atoms with Crippen LogP contribution in [0.1, 0.15) is 44.1 Å². The molecule has 0 aromatic carbocycles. The Bertz CT molecular complexity index is 1000. The van der Waals surface area contributed by atoms with Crippen LogP contribution >= 0.6 is 11.3 Å². The molecule has 0 fully saturated rings. The zero-order valence-electron chi connectivity index (χ0n) is 16.4. The van der Waals surface area contributed by atoms with E-state index >= 15 is 0 Å². The van der Waals surface area contributed by atoms with E-state index in [-0.39, 0.29) is 18.2 Å². The molecule has 0 spiro atoms. The predicted octanol–water partition coefficient (Wildman–Crippen LogP) is 3.35. The fourth-order valence-corrected chi connectivity index (χ4v) is 3.65. The molecular weight excluding hydrogens is 392 g/mol. The van der Waals surface area contributed by atoms with Crippen molar-refractivity contribution in [1.82, 2.24) is 9.88 Å². The third kappa shape index (κ3) is 4.83. The fraction of sp³-hybridized carbons (Fsp3) is 0.286. The highest BCUT2D eigenvalue weighted by Crippen LogP contribution is 2.20. The number of thiophene rings is 1. The Hall–Kier alpha value is -3.13.